The minimum Gasteiger partial charge on any atom is -0.497 e. The van der Waals surface area contributed by atoms with E-state index in [1.807, 2.05) is 42.5 Å². The lowest BCUT2D eigenvalue weighted by Crippen LogP contribution is -2.42. The molecule has 0 amide bonds. The highest BCUT2D eigenvalue weighted by atomic mass is 16.5. The van der Waals surface area contributed by atoms with Crippen LogP contribution in [-0.4, -0.2) is 32.3 Å². The zero-order valence-electron chi connectivity index (χ0n) is 14.6. The normalized spacial score (nSPS) is 20.0. The highest BCUT2D eigenvalue weighted by Crippen LogP contribution is 2.28. The van der Waals surface area contributed by atoms with Crippen LogP contribution in [-0.2, 0) is 16.0 Å². The van der Waals surface area contributed by atoms with E-state index in [0.29, 0.717) is 19.4 Å². The van der Waals surface area contributed by atoms with E-state index in [4.69, 9.17) is 9.47 Å². The van der Waals surface area contributed by atoms with E-state index >= 15 is 0 Å². The number of nitrogens with one attached hydrogen (secondary N) is 1. The minimum atomic E-state index is -0.134. The first-order valence-electron chi connectivity index (χ1n) is 8.84. The maximum absolute atomic E-state index is 12.3. The summed E-state index contributed by atoms with van der Waals surface area (Å²) in [6.07, 6.45) is 1.96. The van der Waals surface area contributed by atoms with E-state index in [0.717, 1.165) is 24.3 Å². The second kappa shape index (κ2) is 8.67. The van der Waals surface area contributed by atoms with Gasteiger partial charge in [-0.25, -0.2) is 0 Å². The molecule has 0 saturated carbocycles. The fourth-order valence-corrected chi connectivity index (χ4v) is 3.30. The highest BCUT2D eigenvalue weighted by molar-refractivity contribution is 5.70. The maximum atomic E-state index is 12.3. The molecular weight excluding hydrogens is 314 g/mol. The Hall–Kier alpha value is -2.33. The molecule has 0 spiro atoms. The number of hydrogen-bond donors (Lipinski definition) is 1. The number of rotatable bonds is 6. The summed E-state index contributed by atoms with van der Waals surface area (Å²) in [7, 11) is 1.65. The first kappa shape index (κ1) is 17.5. The zero-order chi connectivity index (χ0) is 17.5. The van der Waals surface area contributed by atoms with Crippen LogP contribution in [0.25, 0.3) is 0 Å². The van der Waals surface area contributed by atoms with Gasteiger partial charge in [0.15, 0.2) is 0 Å². The van der Waals surface area contributed by atoms with Crippen molar-refractivity contribution in [1.29, 1.82) is 0 Å². The molecule has 1 heterocycles. The van der Waals surface area contributed by atoms with Crippen molar-refractivity contribution in [2.45, 2.75) is 31.3 Å². The summed E-state index contributed by atoms with van der Waals surface area (Å²) in [4.78, 5) is 12.3. The van der Waals surface area contributed by atoms with Crippen molar-refractivity contribution >= 4 is 5.97 Å². The van der Waals surface area contributed by atoms with Crippen LogP contribution >= 0.6 is 0 Å². The van der Waals surface area contributed by atoms with Crippen molar-refractivity contribution in [2.75, 3.05) is 20.2 Å². The van der Waals surface area contributed by atoms with Crippen LogP contribution in [0.15, 0.2) is 54.6 Å². The van der Waals surface area contributed by atoms with Gasteiger partial charge < -0.3 is 14.8 Å². The Balaban J connectivity index is 1.55. The second-order valence-electron chi connectivity index (χ2n) is 6.39. The van der Waals surface area contributed by atoms with Crippen molar-refractivity contribution in [1.82, 2.24) is 5.32 Å². The Labute approximate surface area is 149 Å². The average molecular weight is 339 g/mol. The second-order valence-corrected chi connectivity index (χ2v) is 6.39. The van der Waals surface area contributed by atoms with Gasteiger partial charge in [-0.15, -0.1) is 0 Å². The molecular formula is C21H25NO3. The maximum Gasteiger partial charge on any atom is 0.306 e. The molecule has 3 rings (SSSR count). The van der Waals surface area contributed by atoms with Crippen LogP contribution in [0, 0.1) is 0 Å². The van der Waals surface area contributed by atoms with Gasteiger partial charge in [-0.2, -0.15) is 0 Å². The zero-order valence-corrected chi connectivity index (χ0v) is 14.6. The fourth-order valence-electron chi connectivity index (χ4n) is 3.30. The largest absolute Gasteiger partial charge is 0.497 e. The van der Waals surface area contributed by atoms with Crippen molar-refractivity contribution < 1.29 is 14.3 Å². The quantitative estimate of drug-likeness (QED) is 0.820. The van der Waals surface area contributed by atoms with Crippen LogP contribution < -0.4 is 10.1 Å². The van der Waals surface area contributed by atoms with Gasteiger partial charge in [0.1, 0.15) is 11.9 Å². The van der Waals surface area contributed by atoms with Gasteiger partial charge in [0.25, 0.3) is 0 Å². The molecule has 25 heavy (non-hydrogen) atoms. The molecule has 0 aromatic heterocycles. The Kier molecular flexibility index (Phi) is 6.07. The number of hydrogen-bond acceptors (Lipinski definition) is 4. The molecule has 0 aliphatic carbocycles. The van der Waals surface area contributed by atoms with Crippen molar-refractivity contribution in [3.05, 3.63) is 65.7 Å². The molecule has 4 heteroatoms. The van der Waals surface area contributed by atoms with Crippen LogP contribution in [0.4, 0.5) is 0 Å². The van der Waals surface area contributed by atoms with Gasteiger partial charge in [0, 0.05) is 18.9 Å². The van der Waals surface area contributed by atoms with Crippen molar-refractivity contribution in [2.24, 2.45) is 0 Å². The third kappa shape index (κ3) is 4.83. The van der Waals surface area contributed by atoms with Gasteiger partial charge in [0.2, 0.25) is 0 Å². The molecule has 132 valence electrons. The molecule has 1 N–H and O–H groups in total. The molecule has 0 unspecified atom stereocenters. The van der Waals surface area contributed by atoms with Gasteiger partial charge in [-0.3, -0.25) is 4.79 Å². The van der Waals surface area contributed by atoms with E-state index in [9.17, 15) is 4.79 Å². The minimum absolute atomic E-state index is 0.0977. The number of piperidine rings is 1. The van der Waals surface area contributed by atoms with E-state index < -0.39 is 0 Å². The SMILES string of the molecule is COc1ccc(CCC(=O)O[C@H]2CNCC[C@@H]2c2ccccc2)cc1. The number of carbonyl (C=O) groups is 1. The number of benzene rings is 2. The highest BCUT2D eigenvalue weighted by Gasteiger charge is 2.29. The smallest absolute Gasteiger partial charge is 0.306 e. The molecule has 1 aliphatic heterocycles. The summed E-state index contributed by atoms with van der Waals surface area (Å²) < 4.78 is 10.9. The molecule has 1 saturated heterocycles. The monoisotopic (exact) mass is 339 g/mol. The first-order chi connectivity index (χ1) is 12.3. The van der Waals surface area contributed by atoms with E-state index in [1.165, 1.54) is 5.56 Å². The predicted molar refractivity (Wildman–Crippen MR) is 97.9 cm³/mol. The Bertz CT molecular complexity index is 669. The summed E-state index contributed by atoms with van der Waals surface area (Å²) in [6, 6.07) is 18.1. The van der Waals surface area contributed by atoms with Crippen LogP contribution in [0.5, 0.6) is 5.75 Å². The van der Waals surface area contributed by atoms with Crippen LogP contribution in [0.1, 0.15) is 29.9 Å². The summed E-state index contributed by atoms with van der Waals surface area (Å²) in [5.74, 6) is 0.961. The molecule has 2 atom stereocenters. The number of aryl methyl sites for hydroxylation is 1. The predicted octanol–water partition coefficient (Wildman–Crippen LogP) is 3.32. The third-order valence-electron chi connectivity index (χ3n) is 4.71. The van der Waals surface area contributed by atoms with E-state index in [1.54, 1.807) is 7.11 Å². The van der Waals surface area contributed by atoms with E-state index in [2.05, 4.69) is 17.4 Å². The molecule has 4 nitrogen and oxygen atoms in total. The number of methoxy groups -OCH3 is 1. The number of esters is 1. The summed E-state index contributed by atoms with van der Waals surface area (Å²) >= 11 is 0. The van der Waals surface area contributed by atoms with Gasteiger partial charge in [0.05, 0.1) is 7.11 Å². The first-order valence-corrected chi connectivity index (χ1v) is 8.84. The fraction of sp³-hybridized carbons (Fsp3) is 0.381. The van der Waals surface area contributed by atoms with E-state index in [-0.39, 0.29) is 18.0 Å². The lowest BCUT2D eigenvalue weighted by molar-refractivity contribution is -0.150. The Morgan fingerprint density at radius 1 is 1.12 bits per heavy atom. The average Bonchev–Trinajstić information content (AvgIpc) is 2.68. The molecule has 2 aromatic carbocycles. The lowest BCUT2D eigenvalue weighted by atomic mass is 9.88. The van der Waals surface area contributed by atoms with Gasteiger partial charge in [-0.1, -0.05) is 42.5 Å². The standard InChI is InChI=1S/C21H25NO3/c1-24-18-10-7-16(8-11-18)9-12-21(23)25-20-15-22-14-13-19(20)17-5-3-2-4-6-17/h2-8,10-11,19-20,22H,9,12-15H2,1H3/t19-,20+/m1/s1. The summed E-state index contributed by atoms with van der Waals surface area (Å²) in [5, 5.41) is 3.34. The molecule has 0 radical (unpaired) electrons. The van der Waals surface area contributed by atoms with Gasteiger partial charge in [-0.05, 0) is 42.6 Å². The van der Waals surface area contributed by atoms with Crippen LogP contribution in [0.2, 0.25) is 0 Å². The number of carbonyl (C=O) groups excluding carboxylic acids is 1. The Morgan fingerprint density at radius 3 is 2.60 bits per heavy atom. The number of ether oxygens (including phenoxy) is 2. The lowest BCUT2D eigenvalue weighted by Gasteiger charge is -2.32. The molecule has 1 aliphatic rings. The third-order valence-corrected chi connectivity index (χ3v) is 4.71. The Morgan fingerprint density at radius 2 is 1.88 bits per heavy atom. The summed E-state index contributed by atoms with van der Waals surface area (Å²) in [5.41, 5.74) is 2.36. The van der Waals surface area contributed by atoms with Crippen LogP contribution in [0.3, 0.4) is 0 Å². The molecule has 0 bridgehead atoms. The topological polar surface area (TPSA) is 47.6 Å². The van der Waals surface area contributed by atoms with Crippen molar-refractivity contribution in [3.63, 3.8) is 0 Å². The van der Waals surface area contributed by atoms with Gasteiger partial charge >= 0.3 is 5.97 Å². The molecule has 2 aromatic rings. The summed E-state index contributed by atoms with van der Waals surface area (Å²) in [6.45, 7) is 1.67. The van der Waals surface area contributed by atoms with Crippen molar-refractivity contribution in [3.8, 4) is 5.75 Å². The molecule has 1 fully saturated rings.